The number of allylic oxidation sites excluding steroid dienone is 4. The first kappa shape index (κ1) is 52.7. The van der Waals surface area contributed by atoms with E-state index in [2.05, 4.69) is 125 Å². The van der Waals surface area contributed by atoms with Crippen molar-refractivity contribution in [3.8, 4) is 0 Å². The van der Waals surface area contributed by atoms with Crippen LogP contribution in [0.15, 0.2) is 135 Å². The predicted octanol–water partition coefficient (Wildman–Crippen LogP) is 14.4. The second-order valence-corrected chi connectivity index (χ2v) is 22.9. The molecule has 0 saturated carbocycles. The van der Waals surface area contributed by atoms with Crippen molar-refractivity contribution in [3.05, 3.63) is 190 Å². The van der Waals surface area contributed by atoms with Crippen LogP contribution in [0.3, 0.4) is 0 Å². The van der Waals surface area contributed by atoms with E-state index in [1.54, 1.807) is 12.5 Å². The van der Waals surface area contributed by atoms with Crippen LogP contribution in [0.4, 0.5) is 4.79 Å². The number of fused-ring (bicyclic) bond motifs is 4. The highest BCUT2D eigenvalue weighted by Crippen LogP contribution is 2.47. The topological polar surface area (TPSA) is 103 Å². The maximum Gasteiger partial charge on any atom is 0.410 e. The van der Waals surface area contributed by atoms with Crippen molar-refractivity contribution in [3.63, 3.8) is 0 Å². The monoisotopic (exact) mass is 1070 g/mol. The Morgan fingerprint density at radius 1 is 0.722 bits per heavy atom. The minimum atomic E-state index is -0.478. The van der Waals surface area contributed by atoms with Crippen LogP contribution in [-0.2, 0) is 15.8 Å². The molecule has 13 heteroatoms. The summed E-state index contributed by atoms with van der Waals surface area (Å²) in [5.74, 6) is 1.36. The molecule has 6 heterocycles. The number of nitrogens with one attached hydrogen (secondary N) is 1. The third-order valence-corrected chi connectivity index (χ3v) is 15.3. The molecule has 0 radical (unpaired) electrons. The number of pyridine rings is 2. The summed E-state index contributed by atoms with van der Waals surface area (Å²) in [6.45, 7) is 21.5. The second-order valence-electron chi connectivity index (χ2n) is 21.1. The molecule has 6 aromatic rings. The van der Waals surface area contributed by atoms with Gasteiger partial charge in [0.25, 0.3) is 0 Å². The van der Waals surface area contributed by atoms with Gasteiger partial charge in [0.2, 0.25) is 0 Å². The van der Waals surface area contributed by atoms with Gasteiger partial charge in [-0.05, 0) is 175 Å². The van der Waals surface area contributed by atoms with E-state index in [1.807, 2.05) is 104 Å². The number of aromatic nitrogens is 6. The van der Waals surface area contributed by atoms with Crippen molar-refractivity contribution < 1.29 is 9.53 Å². The third-order valence-electron chi connectivity index (χ3n) is 14.2. The number of halogens is 3. The summed E-state index contributed by atoms with van der Waals surface area (Å²) >= 11 is 16.5. The molecule has 72 heavy (non-hydrogen) atoms. The minimum Gasteiger partial charge on any atom is -0.444 e. The van der Waals surface area contributed by atoms with Crippen LogP contribution in [0.5, 0.6) is 0 Å². The summed E-state index contributed by atoms with van der Waals surface area (Å²) < 4.78 is 10.7. The largest absolute Gasteiger partial charge is 0.444 e. The number of carbonyl (C=O) groups excluding carboxylic acids is 1. The van der Waals surface area contributed by atoms with Crippen LogP contribution in [0.2, 0.25) is 10.0 Å². The Hall–Kier alpha value is -5.59. The molecule has 2 saturated heterocycles. The van der Waals surface area contributed by atoms with E-state index in [9.17, 15) is 4.79 Å². The molecule has 0 bridgehead atoms. The SMILES string of the molecule is C=CC(C)(C)n1ccnc1.CC(C)(/C=C/C1=Cc2cc(Cl)ccc2C(C2CCNCC2)c2ncccc21)n1ccnc1.CC(C)(C)OC(=O)N1CCC(C2c3ccc(Cl)cc3C=C(Br)c3cccnc32)CC1. The Morgan fingerprint density at radius 3 is 1.79 bits per heavy atom. The van der Waals surface area contributed by atoms with Crippen molar-refractivity contribution in [2.24, 2.45) is 11.8 Å². The first-order chi connectivity index (χ1) is 34.4. The number of amides is 1. The summed E-state index contributed by atoms with van der Waals surface area (Å²) in [4.78, 5) is 32.3. The van der Waals surface area contributed by atoms with Crippen LogP contribution >= 0.6 is 39.1 Å². The molecule has 2 aromatic carbocycles. The third kappa shape index (κ3) is 12.4. The molecule has 2 aliphatic carbocycles. The average molecular weight is 1070 g/mol. The minimum absolute atomic E-state index is 0.0174. The highest BCUT2D eigenvalue weighted by molar-refractivity contribution is 9.15. The van der Waals surface area contributed by atoms with E-state index in [1.165, 1.54) is 33.5 Å². The smallest absolute Gasteiger partial charge is 0.410 e. The van der Waals surface area contributed by atoms with E-state index in [4.69, 9.17) is 37.9 Å². The number of ether oxygens (including phenoxy) is 1. The Balaban J connectivity index is 0.000000162. The van der Waals surface area contributed by atoms with Gasteiger partial charge in [-0.1, -0.05) is 81.6 Å². The zero-order chi connectivity index (χ0) is 51.2. The van der Waals surface area contributed by atoms with Gasteiger partial charge in [-0.15, -0.1) is 6.58 Å². The summed E-state index contributed by atoms with van der Waals surface area (Å²) in [7, 11) is 0. The van der Waals surface area contributed by atoms with Crippen molar-refractivity contribution >= 4 is 67.4 Å². The number of nitrogens with zero attached hydrogens (tertiary/aromatic N) is 7. The number of piperidine rings is 2. The lowest BCUT2D eigenvalue weighted by atomic mass is 9.76. The second kappa shape index (κ2) is 22.7. The van der Waals surface area contributed by atoms with E-state index in [0.717, 1.165) is 70.1 Å². The summed E-state index contributed by atoms with van der Waals surface area (Å²) in [6, 6.07) is 20.8. The molecule has 0 spiro atoms. The lowest BCUT2D eigenvalue weighted by molar-refractivity contribution is 0.0178. The van der Waals surface area contributed by atoms with Crippen LogP contribution in [0.25, 0.3) is 22.2 Å². The van der Waals surface area contributed by atoms with Crippen LogP contribution in [0.1, 0.15) is 131 Å². The van der Waals surface area contributed by atoms with Crippen LogP contribution in [0, 0.1) is 11.8 Å². The number of benzene rings is 2. The molecule has 4 aliphatic rings. The van der Waals surface area contributed by atoms with E-state index < -0.39 is 5.60 Å². The fourth-order valence-corrected chi connectivity index (χ4v) is 11.1. The highest BCUT2D eigenvalue weighted by Gasteiger charge is 2.37. The lowest BCUT2D eigenvalue weighted by Crippen LogP contribution is -2.42. The maximum absolute atomic E-state index is 12.5. The Labute approximate surface area is 444 Å². The van der Waals surface area contributed by atoms with E-state index in [0.29, 0.717) is 24.9 Å². The van der Waals surface area contributed by atoms with Gasteiger partial charge in [0.15, 0.2) is 0 Å². The first-order valence-corrected chi connectivity index (χ1v) is 26.5. The molecule has 2 aliphatic heterocycles. The molecule has 10 rings (SSSR count). The van der Waals surface area contributed by atoms with Crippen LogP contribution in [-0.4, -0.2) is 71.8 Å². The fraction of sp³-hybridized carbons (Fsp3) is 0.373. The first-order valence-electron chi connectivity index (χ1n) is 25.0. The normalized spacial score (nSPS) is 18.3. The standard InChI is InChI=1S/C27H29ClN4.C24H26BrClN2O2.C8H12N2/c1-27(2,32-15-14-30-18-32)10-7-20-16-21-17-22(28)5-6-23(21)25(19-8-12-29-13-9-19)26-24(20)4-3-11-31-26;1-24(2,3)30-23(29)28-11-8-15(9-12-28)21-18-7-6-17(26)13-16(18)14-20(25)19-5-4-10-27-22(19)21;1-4-8(2,3)10-6-5-9-7-10/h3-7,10-11,14-19,25,29H,8-9,12-13H2,1-2H3;4-7,10,13-15,21H,8-9,11-12H2,1-3H3;4-7H,1H2,2-3H3/b10-7+;;. The Morgan fingerprint density at radius 2 is 1.25 bits per heavy atom. The number of rotatable bonds is 7. The van der Waals surface area contributed by atoms with E-state index in [-0.39, 0.29) is 29.0 Å². The zero-order valence-corrected chi connectivity index (χ0v) is 45.6. The van der Waals surface area contributed by atoms with Gasteiger partial charge in [-0.3, -0.25) is 9.97 Å². The molecule has 1 N–H and O–H groups in total. The molecule has 1 amide bonds. The van der Waals surface area contributed by atoms with Gasteiger partial charge in [0, 0.05) is 87.8 Å². The molecule has 2 unspecified atom stereocenters. The molecule has 2 atom stereocenters. The van der Waals surface area contributed by atoms with Gasteiger partial charge in [0.05, 0.1) is 35.1 Å². The number of hydrogen-bond donors (Lipinski definition) is 1. The van der Waals surface area contributed by atoms with Gasteiger partial charge >= 0.3 is 6.09 Å². The fourth-order valence-electron chi connectivity index (χ4n) is 10.1. The molecule has 376 valence electrons. The number of imidazole rings is 2. The highest BCUT2D eigenvalue weighted by atomic mass is 79.9. The Bertz CT molecular complexity index is 2920. The summed E-state index contributed by atoms with van der Waals surface area (Å²) in [5.41, 5.74) is 9.94. The maximum atomic E-state index is 12.5. The van der Waals surface area contributed by atoms with Gasteiger partial charge in [-0.2, -0.15) is 0 Å². The van der Waals surface area contributed by atoms with Crippen LogP contribution < -0.4 is 5.32 Å². The lowest BCUT2D eigenvalue weighted by Gasteiger charge is -2.37. The average Bonchev–Trinajstić information content (AvgIpc) is 4.09. The molecular weight excluding hydrogens is 1000 g/mol. The molecule has 10 nitrogen and oxygen atoms in total. The molecule has 2 fully saturated rings. The van der Waals surface area contributed by atoms with Gasteiger partial charge in [-0.25, -0.2) is 14.8 Å². The zero-order valence-electron chi connectivity index (χ0n) is 42.5. The summed E-state index contributed by atoms with van der Waals surface area (Å²) in [6.07, 6.45) is 29.7. The van der Waals surface area contributed by atoms with E-state index >= 15 is 0 Å². The molecule has 4 aromatic heterocycles. The van der Waals surface area contributed by atoms with Crippen molar-refractivity contribution in [2.45, 2.75) is 103 Å². The Kier molecular flexibility index (Phi) is 16.6. The number of likely N-dealkylation sites (tertiary alicyclic amines) is 1. The quantitative estimate of drug-likeness (QED) is 0.159. The van der Waals surface area contributed by atoms with Crippen molar-refractivity contribution in [2.75, 3.05) is 26.2 Å². The van der Waals surface area contributed by atoms with Crippen molar-refractivity contribution in [1.82, 2.24) is 39.3 Å². The van der Waals surface area contributed by atoms with Crippen molar-refractivity contribution in [1.29, 1.82) is 0 Å². The van der Waals surface area contributed by atoms with Gasteiger partial charge in [0.1, 0.15) is 5.60 Å². The van der Waals surface area contributed by atoms with Gasteiger partial charge < -0.3 is 24.1 Å². The summed E-state index contributed by atoms with van der Waals surface area (Å²) in [5, 5.41) is 5.01. The number of carbonyl (C=O) groups is 1. The predicted molar refractivity (Wildman–Crippen MR) is 298 cm³/mol. The number of hydrogen-bond acceptors (Lipinski definition) is 7. The molecular formula is C59H67BrCl2N8O2.